The molecule has 1 saturated carbocycles. The van der Waals surface area contributed by atoms with Gasteiger partial charge in [0.1, 0.15) is 0 Å². The van der Waals surface area contributed by atoms with Crippen molar-refractivity contribution in [2.45, 2.75) is 32.2 Å². The molecule has 3 rings (SSSR count). The highest BCUT2D eigenvalue weighted by Gasteiger charge is 2.38. The lowest BCUT2D eigenvalue weighted by Crippen LogP contribution is -2.45. The summed E-state index contributed by atoms with van der Waals surface area (Å²) in [5.41, 5.74) is 2.65. The van der Waals surface area contributed by atoms with E-state index in [-0.39, 0.29) is 11.4 Å². The molecule has 0 heterocycles. The zero-order valence-corrected chi connectivity index (χ0v) is 16.1. The predicted molar refractivity (Wildman–Crippen MR) is 104 cm³/mol. The lowest BCUT2D eigenvalue weighted by molar-refractivity contribution is 0.0903. The van der Waals surface area contributed by atoms with Crippen molar-refractivity contribution in [3.8, 4) is 11.1 Å². The molecule has 1 fully saturated rings. The summed E-state index contributed by atoms with van der Waals surface area (Å²) in [6, 6.07) is 13.6. The summed E-state index contributed by atoms with van der Waals surface area (Å²) in [6.45, 7) is 4.22. The summed E-state index contributed by atoms with van der Waals surface area (Å²) in [7, 11) is 0. The molecule has 1 N–H and O–H groups in total. The van der Waals surface area contributed by atoms with Crippen molar-refractivity contribution < 1.29 is 4.79 Å². The van der Waals surface area contributed by atoms with Gasteiger partial charge in [0.2, 0.25) is 0 Å². The Bertz CT molecular complexity index is 736. The van der Waals surface area contributed by atoms with Crippen LogP contribution in [-0.2, 0) is 0 Å². The fourth-order valence-corrected chi connectivity index (χ4v) is 3.60. The van der Waals surface area contributed by atoms with Crippen molar-refractivity contribution in [1.29, 1.82) is 0 Å². The number of hydrogen-bond acceptors (Lipinski definition) is 1. The first-order valence-corrected chi connectivity index (χ1v) is 9.20. The SMILES string of the molecule is CC(C)(NC(=O)c1cc(I)cc(-c2ccc(Cl)cc2)c1)C1CC1. The van der Waals surface area contributed by atoms with Gasteiger partial charge in [-0.3, -0.25) is 4.79 Å². The highest BCUT2D eigenvalue weighted by molar-refractivity contribution is 14.1. The maximum Gasteiger partial charge on any atom is 0.251 e. The van der Waals surface area contributed by atoms with Gasteiger partial charge in [-0.25, -0.2) is 0 Å². The lowest BCUT2D eigenvalue weighted by Gasteiger charge is -2.26. The van der Waals surface area contributed by atoms with Gasteiger partial charge in [-0.05, 0) is 96.7 Å². The summed E-state index contributed by atoms with van der Waals surface area (Å²) in [5.74, 6) is 0.598. The van der Waals surface area contributed by atoms with Crippen LogP contribution in [0.15, 0.2) is 42.5 Å². The lowest BCUT2D eigenvalue weighted by atomic mass is 9.97. The second-order valence-corrected chi connectivity index (χ2v) is 8.37. The molecule has 23 heavy (non-hydrogen) atoms. The molecular weight excluding hydrogens is 421 g/mol. The maximum absolute atomic E-state index is 12.6. The first kappa shape index (κ1) is 16.8. The first-order chi connectivity index (χ1) is 10.8. The van der Waals surface area contributed by atoms with E-state index in [9.17, 15) is 4.79 Å². The number of hydrogen-bond donors (Lipinski definition) is 1. The van der Waals surface area contributed by atoms with Gasteiger partial charge in [0, 0.05) is 19.7 Å². The summed E-state index contributed by atoms with van der Waals surface area (Å²) < 4.78 is 1.05. The van der Waals surface area contributed by atoms with Crippen LogP contribution in [0, 0.1) is 9.49 Å². The van der Waals surface area contributed by atoms with Crippen LogP contribution in [0.4, 0.5) is 0 Å². The fourth-order valence-electron chi connectivity index (χ4n) is 2.80. The van der Waals surface area contributed by atoms with E-state index < -0.39 is 0 Å². The number of benzene rings is 2. The topological polar surface area (TPSA) is 29.1 Å². The van der Waals surface area contributed by atoms with Gasteiger partial charge in [-0.2, -0.15) is 0 Å². The second-order valence-electron chi connectivity index (χ2n) is 6.69. The largest absolute Gasteiger partial charge is 0.347 e. The van der Waals surface area contributed by atoms with E-state index in [0.717, 1.165) is 14.7 Å². The molecule has 1 amide bonds. The molecule has 120 valence electrons. The molecule has 1 aliphatic carbocycles. The van der Waals surface area contributed by atoms with Crippen LogP contribution in [0.5, 0.6) is 0 Å². The van der Waals surface area contributed by atoms with Crippen LogP contribution in [0.3, 0.4) is 0 Å². The minimum Gasteiger partial charge on any atom is -0.347 e. The van der Waals surface area contributed by atoms with E-state index in [4.69, 9.17) is 11.6 Å². The van der Waals surface area contributed by atoms with Crippen molar-refractivity contribution in [3.05, 3.63) is 56.6 Å². The molecule has 0 unspecified atom stereocenters. The normalized spacial score (nSPS) is 14.6. The molecule has 2 aromatic rings. The number of rotatable bonds is 4. The average molecular weight is 440 g/mol. The molecule has 0 radical (unpaired) electrons. The maximum atomic E-state index is 12.6. The molecule has 0 bridgehead atoms. The van der Waals surface area contributed by atoms with E-state index >= 15 is 0 Å². The number of halogens is 2. The Morgan fingerprint density at radius 1 is 1.13 bits per heavy atom. The quantitative estimate of drug-likeness (QED) is 0.624. The molecule has 0 spiro atoms. The van der Waals surface area contributed by atoms with Crippen molar-refractivity contribution in [2.75, 3.05) is 0 Å². The zero-order valence-electron chi connectivity index (χ0n) is 13.2. The average Bonchev–Trinajstić information content (AvgIpc) is 3.32. The Morgan fingerprint density at radius 2 is 1.78 bits per heavy atom. The van der Waals surface area contributed by atoms with Crippen molar-refractivity contribution >= 4 is 40.1 Å². The van der Waals surface area contributed by atoms with E-state index in [0.29, 0.717) is 16.5 Å². The van der Waals surface area contributed by atoms with Crippen molar-refractivity contribution in [3.63, 3.8) is 0 Å². The smallest absolute Gasteiger partial charge is 0.251 e. The Hall–Kier alpha value is -1.07. The van der Waals surface area contributed by atoms with Crippen LogP contribution in [-0.4, -0.2) is 11.4 Å². The van der Waals surface area contributed by atoms with Gasteiger partial charge in [0.25, 0.3) is 5.91 Å². The predicted octanol–water partition coefficient (Wildman–Crippen LogP) is 5.53. The van der Waals surface area contributed by atoms with Crippen molar-refractivity contribution in [1.82, 2.24) is 5.32 Å². The standard InChI is InChI=1S/C19H19ClINO/c1-19(2,15-5-6-15)22-18(23)14-9-13(10-17(21)11-14)12-3-7-16(20)8-4-12/h3-4,7-11,15H,5-6H2,1-2H3,(H,22,23). The summed E-state index contributed by atoms with van der Waals surface area (Å²) in [6.07, 6.45) is 2.41. The van der Waals surface area contributed by atoms with Crippen LogP contribution in [0.25, 0.3) is 11.1 Å². The highest BCUT2D eigenvalue weighted by atomic mass is 127. The van der Waals surface area contributed by atoms with E-state index in [2.05, 4.69) is 47.8 Å². The summed E-state index contributed by atoms with van der Waals surface area (Å²) in [5, 5.41) is 3.90. The molecule has 0 aliphatic heterocycles. The van der Waals surface area contributed by atoms with Crippen molar-refractivity contribution in [2.24, 2.45) is 5.92 Å². The van der Waals surface area contributed by atoms with E-state index in [1.54, 1.807) is 0 Å². The Kier molecular flexibility index (Phi) is 4.70. The van der Waals surface area contributed by atoms with Gasteiger partial charge < -0.3 is 5.32 Å². The molecule has 0 aromatic heterocycles. The fraction of sp³-hybridized carbons (Fsp3) is 0.316. The Morgan fingerprint density at radius 3 is 2.39 bits per heavy atom. The molecule has 1 aliphatic rings. The second kappa shape index (κ2) is 6.44. The van der Waals surface area contributed by atoms with Crippen LogP contribution in [0.1, 0.15) is 37.0 Å². The molecule has 4 heteroatoms. The van der Waals surface area contributed by atoms with Gasteiger partial charge in [-0.1, -0.05) is 23.7 Å². The van der Waals surface area contributed by atoms with Gasteiger partial charge >= 0.3 is 0 Å². The minimum absolute atomic E-state index is 0.00405. The molecule has 2 nitrogen and oxygen atoms in total. The summed E-state index contributed by atoms with van der Waals surface area (Å²) >= 11 is 8.21. The number of carbonyl (C=O) groups is 1. The molecule has 0 atom stereocenters. The summed E-state index contributed by atoms with van der Waals surface area (Å²) in [4.78, 5) is 12.6. The van der Waals surface area contributed by atoms with E-state index in [1.165, 1.54) is 12.8 Å². The number of amides is 1. The molecular formula is C19H19ClINO. The van der Waals surface area contributed by atoms with E-state index in [1.807, 2.05) is 36.4 Å². The number of carbonyl (C=O) groups excluding carboxylic acids is 1. The van der Waals surface area contributed by atoms with Gasteiger partial charge in [0.15, 0.2) is 0 Å². The third-order valence-corrected chi connectivity index (χ3v) is 5.25. The third-order valence-electron chi connectivity index (χ3n) is 4.37. The van der Waals surface area contributed by atoms with Gasteiger partial charge in [-0.15, -0.1) is 0 Å². The van der Waals surface area contributed by atoms with Crippen LogP contribution in [0.2, 0.25) is 5.02 Å². The first-order valence-electron chi connectivity index (χ1n) is 7.74. The zero-order chi connectivity index (χ0) is 16.6. The molecule has 0 saturated heterocycles. The van der Waals surface area contributed by atoms with Crippen LogP contribution < -0.4 is 5.32 Å². The Balaban J connectivity index is 1.88. The minimum atomic E-state index is -0.140. The number of nitrogens with one attached hydrogen (secondary N) is 1. The third kappa shape index (κ3) is 4.07. The Labute approximate surface area is 155 Å². The van der Waals surface area contributed by atoms with Crippen LogP contribution >= 0.6 is 34.2 Å². The highest BCUT2D eigenvalue weighted by Crippen LogP contribution is 2.39. The monoisotopic (exact) mass is 439 g/mol. The van der Waals surface area contributed by atoms with Gasteiger partial charge in [0.05, 0.1) is 0 Å². The molecule has 2 aromatic carbocycles.